The van der Waals surface area contributed by atoms with Crippen LogP contribution in [0.25, 0.3) is 0 Å². The Hall–Kier alpha value is -4.13. The number of nitrogens with zero attached hydrogens (tertiary/aromatic N) is 6. The van der Waals surface area contributed by atoms with Gasteiger partial charge in [-0.2, -0.15) is 5.10 Å². The van der Waals surface area contributed by atoms with E-state index in [1.165, 1.54) is 22.9 Å². The number of nitro groups is 1. The maximum absolute atomic E-state index is 12.1. The lowest BCUT2D eigenvalue weighted by Gasteiger charge is -2.11. The number of rotatable bonds is 9. The van der Waals surface area contributed by atoms with Gasteiger partial charge < -0.3 is 16.1 Å². The SMILES string of the molecule is CN(C)c1ccc(/C=N/Nc2nnc(SCC(=O)Nc3cccc([N+](=O)[O-])c3)n2N)cc1. The Bertz CT molecular complexity index is 1130. The van der Waals surface area contributed by atoms with Gasteiger partial charge in [-0.15, -0.1) is 10.2 Å². The summed E-state index contributed by atoms with van der Waals surface area (Å²) in [6, 6.07) is 13.5. The van der Waals surface area contributed by atoms with E-state index in [2.05, 4.69) is 26.0 Å². The standard InChI is InChI=1S/C19H21N9O3S/c1-26(2)15-8-6-13(7-9-15)11-21-23-18-24-25-19(27(18)20)32-12-17(29)22-14-4-3-5-16(10-14)28(30)31/h3-11H,12,20H2,1-2H3,(H,22,29)(H,23,24)/b21-11+. The van der Waals surface area contributed by atoms with E-state index in [1.807, 2.05) is 43.3 Å². The van der Waals surface area contributed by atoms with Gasteiger partial charge in [0.25, 0.3) is 11.6 Å². The molecule has 166 valence electrons. The minimum absolute atomic E-state index is 0.0144. The molecule has 0 radical (unpaired) electrons. The van der Waals surface area contributed by atoms with Gasteiger partial charge in [0.1, 0.15) is 0 Å². The number of hydrogen-bond acceptors (Lipinski definition) is 10. The molecule has 12 nitrogen and oxygen atoms in total. The molecule has 0 bridgehead atoms. The van der Waals surface area contributed by atoms with Gasteiger partial charge in [0.15, 0.2) is 0 Å². The van der Waals surface area contributed by atoms with E-state index < -0.39 is 4.92 Å². The van der Waals surface area contributed by atoms with Crippen molar-refractivity contribution in [2.75, 3.05) is 41.3 Å². The molecule has 2 aromatic carbocycles. The molecular formula is C19H21N9O3S. The lowest BCUT2D eigenvalue weighted by molar-refractivity contribution is -0.384. The van der Waals surface area contributed by atoms with Crippen LogP contribution in [-0.4, -0.2) is 51.8 Å². The number of nitrogen functional groups attached to an aromatic ring is 1. The van der Waals surface area contributed by atoms with Crippen molar-refractivity contribution in [2.24, 2.45) is 5.10 Å². The maximum Gasteiger partial charge on any atom is 0.271 e. The number of amides is 1. The van der Waals surface area contributed by atoms with Crippen LogP contribution >= 0.6 is 11.8 Å². The minimum atomic E-state index is -0.531. The molecule has 0 unspecified atom stereocenters. The van der Waals surface area contributed by atoms with Crippen molar-refractivity contribution < 1.29 is 9.72 Å². The molecule has 3 aromatic rings. The van der Waals surface area contributed by atoms with Gasteiger partial charge in [0, 0.05) is 37.6 Å². The zero-order valence-corrected chi connectivity index (χ0v) is 18.1. The molecule has 0 spiro atoms. The highest BCUT2D eigenvalue weighted by Crippen LogP contribution is 2.19. The van der Waals surface area contributed by atoms with E-state index >= 15 is 0 Å². The fraction of sp³-hybridized carbons (Fsp3) is 0.158. The highest BCUT2D eigenvalue weighted by molar-refractivity contribution is 7.99. The molecule has 0 aliphatic heterocycles. The number of nitrogens with two attached hydrogens (primary N) is 1. The number of anilines is 3. The molecule has 13 heteroatoms. The molecule has 1 heterocycles. The van der Waals surface area contributed by atoms with Crippen LogP contribution in [-0.2, 0) is 4.79 Å². The first-order valence-electron chi connectivity index (χ1n) is 9.27. The van der Waals surface area contributed by atoms with Gasteiger partial charge in [-0.1, -0.05) is 30.0 Å². The zero-order valence-electron chi connectivity index (χ0n) is 17.3. The van der Waals surface area contributed by atoms with Crippen molar-refractivity contribution in [1.82, 2.24) is 14.9 Å². The average molecular weight is 456 g/mol. The molecular weight excluding hydrogens is 434 g/mol. The second-order valence-electron chi connectivity index (χ2n) is 6.68. The number of non-ortho nitro benzene ring substituents is 1. The predicted molar refractivity (Wildman–Crippen MR) is 125 cm³/mol. The fourth-order valence-corrected chi connectivity index (χ4v) is 3.16. The summed E-state index contributed by atoms with van der Waals surface area (Å²) >= 11 is 1.06. The number of carbonyl (C=O) groups excluding carboxylic acids is 1. The van der Waals surface area contributed by atoms with E-state index in [0.29, 0.717) is 10.8 Å². The first-order valence-corrected chi connectivity index (χ1v) is 10.3. The Morgan fingerprint density at radius 2 is 2.03 bits per heavy atom. The normalized spacial score (nSPS) is 10.8. The summed E-state index contributed by atoms with van der Waals surface area (Å²) in [5, 5.41) is 25.6. The monoisotopic (exact) mass is 455 g/mol. The van der Waals surface area contributed by atoms with E-state index in [-0.39, 0.29) is 23.3 Å². The first kappa shape index (κ1) is 22.6. The largest absolute Gasteiger partial charge is 0.378 e. The first-order chi connectivity index (χ1) is 15.3. The van der Waals surface area contributed by atoms with Crippen molar-refractivity contribution in [3.8, 4) is 0 Å². The van der Waals surface area contributed by atoms with Gasteiger partial charge in [0.05, 0.1) is 16.9 Å². The molecule has 0 aliphatic carbocycles. The lowest BCUT2D eigenvalue weighted by atomic mass is 10.2. The van der Waals surface area contributed by atoms with Crippen LogP contribution in [0, 0.1) is 10.1 Å². The second kappa shape index (κ2) is 10.3. The number of thioether (sulfide) groups is 1. The number of hydrogen-bond donors (Lipinski definition) is 3. The summed E-state index contributed by atoms with van der Waals surface area (Å²) in [5.41, 5.74) is 4.89. The molecule has 1 amide bonds. The number of aromatic nitrogens is 3. The van der Waals surface area contributed by atoms with Gasteiger partial charge in [-0.25, -0.2) is 10.1 Å². The Morgan fingerprint density at radius 1 is 1.28 bits per heavy atom. The summed E-state index contributed by atoms with van der Waals surface area (Å²) in [4.78, 5) is 24.4. The Morgan fingerprint density at radius 3 is 2.72 bits per heavy atom. The van der Waals surface area contributed by atoms with Crippen LogP contribution in [0.2, 0.25) is 0 Å². The van der Waals surface area contributed by atoms with Gasteiger partial charge >= 0.3 is 0 Å². The molecule has 1 aromatic heterocycles. The van der Waals surface area contributed by atoms with Crippen LogP contribution in [0.5, 0.6) is 0 Å². The van der Waals surface area contributed by atoms with Crippen molar-refractivity contribution in [2.45, 2.75) is 5.16 Å². The second-order valence-corrected chi connectivity index (χ2v) is 7.62. The minimum Gasteiger partial charge on any atom is -0.378 e. The van der Waals surface area contributed by atoms with E-state index in [0.717, 1.165) is 23.0 Å². The van der Waals surface area contributed by atoms with Gasteiger partial charge in [-0.3, -0.25) is 14.9 Å². The summed E-state index contributed by atoms with van der Waals surface area (Å²) in [7, 11) is 3.93. The smallest absolute Gasteiger partial charge is 0.271 e. The summed E-state index contributed by atoms with van der Waals surface area (Å²) in [6.07, 6.45) is 1.62. The Balaban J connectivity index is 1.52. The topological polar surface area (TPSA) is 157 Å². The number of nitro benzene ring substituents is 1. The number of nitrogens with one attached hydrogen (secondary N) is 2. The van der Waals surface area contributed by atoms with Crippen LogP contribution in [0.15, 0.2) is 58.8 Å². The number of benzene rings is 2. The van der Waals surface area contributed by atoms with Crippen LogP contribution in [0.1, 0.15) is 5.56 Å². The molecule has 0 saturated heterocycles. The maximum atomic E-state index is 12.1. The van der Waals surface area contributed by atoms with Crippen LogP contribution in [0.3, 0.4) is 0 Å². The molecule has 0 fully saturated rings. The summed E-state index contributed by atoms with van der Waals surface area (Å²) in [6.45, 7) is 0. The van der Waals surface area contributed by atoms with E-state index in [1.54, 1.807) is 12.3 Å². The molecule has 32 heavy (non-hydrogen) atoms. The van der Waals surface area contributed by atoms with Crippen molar-refractivity contribution in [3.05, 3.63) is 64.2 Å². The third-order valence-corrected chi connectivity index (χ3v) is 5.07. The highest BCUT2D eigenvalue weighted by Gasteiger charge is 2.13. The Labute approximate surface area is 187 Å². The average Bonchev–Trinajstić information content (AvgIpc) is 3.12. The molecule has 3 rings (SSSR count). The quantitative estimate of drug-likeness (QED) is 0.145. The third-order valence-electron chi connectivity index (χ3n) is 4.13. The summed E-state index contributed by atoms with van der Waals surface area (Å²) in [5.74, 6) is 5.77. The van der Waals surface area contributed by atoms with E-state index in [9.17, 15) is 14.9 Å². The number of hydrazone groups is 1. The number of carbonyl (C=O) groups is 1. The predicted octanol–water partition coefficient (Wildman–Crippen LogP) is 2.14. The van der Waals surface area contributed by atoms with E-state index in [4.69, 9.17) is 5.84 Å². The zero-order chi connectivity index (χ0) is 23.1. The van der Waals surface area contributed by atoms with Crippen molar-refractivity contribution >= 4 is 46.9 Å². The van der Waals surface area contributed by atoms with Gasteiger partial charge in [0.2, 0.25) is 11.1 Å². The summed E-state index contributed by atoms with van der Waals surface area (Å²) < 4.78 is 1.18. The molecule has 0 aliphatic rings. The van der Waals surface area contributed by atoms with Crippen LogP contribution in [0.4, 0.5) is 23.0 Å². The van der Waals surface area contributed by atoms with Crippen molar-refractivity contribution in [1.29, 1.82) is 0 Å². The third kappa shape index (κ3) is 5.95. The molecule has 4 N–H and O–H groups in total. The molecule has 0 atom stereocenters. The van der Waals surface area contributed by atoms with Crippen molar-refractivity contribution in [3.63, 3.8) is 0 Å². The van der Waals surface area contributed by atoms with Crippen LogP contribution < -0.4 is 21.5 Å². The molecule has 0 saturated carbocycles. The Kier molecular flexibility index (Phi) is 7.23. The lowest BCUT2D eigenvalue weighted by Crippen LogP contribution is -2.17. The fourth-order valence-electron chi connectivity index (χ4n) is 2.50. The van der Waals surface area contributed by atoms with Gasteiger partial charge in [-0.05, 0) is 23.8 Å². The highest BCUT2D eigenvalue weighted by atomic mass is 32.2.